The maximum Gasteiger partial charge on any atom is 0.272 e. The Labute approximate surface area is 117 Å². The van der Waals surface area contributed by atoms with Crippen molar-refractivity contribution in [3.63, 3.8) is 0 Å². The van der Waals surface area contributed by atoms with E-state index in [1.165, 1.54) is 6.42 Å². The molecule has 0 bridgehead atoms. The average molecular weight is 270 g/mol. The van der Waals surface area contributed by atoms with Gasteiger partial charge in [-0.1, -0.05) is 6.42 Å². The normalized spacial score (nSPS) is 29.1. The van der Waals surface area contributed by atoms with Gasteiger partial charge in [0, 0.05) is 30.3 Å². The van der Waals surface area contributed by atoms with Crippen LogP contribution in [-0.2, 0) is 0 Å². The minimum atomic E-state index is -0.158. The van der Waals surface area contributed by atoms with Gasteiger partial charge in [0.25, 0.3) is 5.91 Å². The van der Waals surface area contributed by atoms with Gasteiger partial charge in [0.1, 0.15) is 5.69 Å². The lowest BCUT2D eigenvalue weighted by molar-refractivity contribution is 0.0772. The molecule has 1 aliphatic carbocycles. The Morgan fingerprint density at radius 1 is 1.50 bits per heavy atom. The fourth-order valence-corrected chi connectivity index (χ4v) is 3.71. The number of carbonyl (C=O) groups is 1. The van der Waals surface area contributed by atoms with E-state index in [4.69, 9.17) is 5.73 Å². The minimum Gasteiger partial charge on any atom is -0.335 e. The van der Waals surface area contributed by atoms with Gasteiger partial charge >= 0.3 is 0 Å². The van der Waals surface area contributed by atoms with E-state index in [0.29, 0.717) is 18.2 Å². The van der Waals surface area contributed by atoms with E-state index in [2.05, 4.69) is 4.98 Å². The Kier molecular flexibility index (Phi) is 2.41. The van der Waals surface area contributed by atoms with E-state index in [0.717, 1.165) is 24.9 Å². The van der Waals surface area contributed by atoms with E-state index >= 15 is 0 Å². The van der Waals surface area contributed by atoms with Gasteiger partial charge in [-0.15, -0.1) is 0 Å². The van der Waals surface area contributed by atoms with Gasteiger partial charge in [-0.3, -0.25) is 4.79 Å². The first-order chi connectivity index (χ1) is 9.66. The lowest BCUT2D eigenvalue weighted by atomic mass is 9.92. The van der Waals surface area contributed by atoms with Crippen molar-refractivity contribution in [2.75, 3.05) is 13.1 Å². The number of hydrogen-bond donors (Lipinski definition) is 1. The lowest BCUT2D eigenvalue weighted by Crippen LogP contribution is -2.45. The zero-order chi connectivity index (χ0) is 13.7. The molecule has 0 spiro atoms. The molecule has 2 aliphatic rings. The summed E-state index contributed by atoms with van der Waals surface area (Å²) >= 11 is 0. The topological polar surface area (TPSA) is 63.6 Å². The summed E-state index contributed by atoms with van der Waals surface area (Å²) in [6.07, 6.45) is 6.99. The van der Waals surface area contributed by atoms with Crippen LogP contribution in [0.3, 0.4) is 0 Å². The molecule has 1 saturated carbocycles. The summed E-state index contributed by atoms with van der Waals surface area (Å²) in [4.78, 5) is 18.7. The molecular weight excluding hydrogens is 252 g/mol. The van der Waals surface area contributed by atoms with E-state index in [1.54, 1.807) is 6.33 Å². The van der Waals surface area contributed by atoms with Crippen molar-refractivity contribution >= 4 is 11.4 Å². The first kappa shape index (κ1) is 11.9. The van der Waals surface area contributed by atoms with Crippen LogP contribution in [0, 0.1) is 5.92 Å². The summed E-state index contributed by atoms with van der Waals surface area (Å²) in [5, 5.41) is 0. The second kappa shape index (κ2) is 4.06. The summed E-state index contributed by atoms with van der Waals surface area (Å²) < 4.78 is 1.90. The quantitative estimate of drug-likeness (QED) is 0.849. The van der Waals surface area contributed by atoms with E-state index in [1.807, 2.05) is 33.7 Å². The summed E-state index contributed by atoms with van der Waals surface area (Å²) in [5.41, 5.74) is 7.77. The molecule has 4 rings (SSSR count). The van der Waals surface area contributed by atoms with E-state index < -0.39 is 0 Å². The minimum absolute atomic E-state index is 0.00734. The van der Waals surface area contributed by atoms with Gasteiger partial charge in [-0.2, -0.15) is 0 Å². The maximum absolute atomic E-state index is 12.6. The highest BCUT2D eigenvalue weighted by atomic mass is 16.2. The molecule has 2 N–H and O–H groups in total. The molecule has 2 atom stereocenters. The van der Waals surface area contributed by atoms with Gasteiger partial charge < -0.3 is 15.0 Å². The summed E-state index contributed by atoms with van der Waals surface area (Å²) in [6, 6.07) is 5.77. The van der Waals surface area contributed by atoms with Crippen molar-refractivity contribution in [3.05, 3.63) is 36.4 Å². The molecule has 5 nitrogen and oxygen atoms in total. The van der Waals surface area contributed by atoms with Crippen LogP contribution in [-0.4, -0.2) is 38.8 Å². The van der Waals surface area contributed by atoms with Crippen LogP contribution >= 0.6 is 0 Å². The predicted octanol–water partition coefficient (Wildman–Crippen LogP) is 1.29. The summed E-state index contributed by atoms with van der Waals surface area (Å²) in [7, 11) is 0. The Bertz CT molecular complexity index is 679. The number of rotatable bonds is 1. The van der Waals surface area contributed by atoms with Gasteiger partial charge in [0.2, 0.25) is 0 Å². The van der Waals surface area contributed by atoms with Crippen LogP contribution in [0.15, 0.2) is 30.7 Å². The van der Waals surface area contributed by atoms with Crippen molar-refractivity contribution in [2.24, 2.45) is 11.7 Å². The summed E-state index contributed by atoms with van der Waals surface area (Å²) in [6.45, 7) is 1.45. The van der Waals surface area contributed by atoms with E-state index in [9.17, 15) is 4.79 Å². The largest absolute Gasteiger partial charge is 0.335 e. The second-order valence-corrected chi connectivity index (χ2v) is 6.12. The molecule has 104 valence electrons. The molecule has 2 aromatic heterocycles. The monoisotopic (exact) mass is 270 g/mol. The molecule has 0 radical (unpaired) electrons. The molecule has 2 fully saturated rings. The average Bonchev–Trinajstić information content (AvgIpc) is 3.09. The van der Waals surface area contributed by atoms with Gasteiger partial charge in [0.05, 0.1) is 6.33 Å². The first-order valence-corrected chi connectivity index (χ1v) is 7.17. The standard InChI is InChI=1S/C15H18N4O/c16-15-5-1-3-11(15)8-19(9-15)14(20)13-7-12-4-2-6-18(12)10-17-13/h2,4,6-7,10-11H,1,3,5,8-9,16H2. The zero-order valence-electron chi connectivity index (χ0n) is 11.3. The number of aromatic nitrogens is 2. The molecule has 1 amide bonds. The van der Waals surface area contributed by atoms with Gasteiger partial charge in [-0.05, 0) is 37.0 Å². The van der Waals surface area contributed by atoms with Crippen molar-refractivity contribution in [1.29, 1.82) is 0 Å². The molecule has 5 heteroatoms. The molecule has 0 aromatic carbocycles. The maximum atomic E-state index is 12.6. The Hall–Kier alpha value is -1.88. The number of nitrogens with zero attached hydrogens (tertiary/aromatic N) is 3. The fraction of sp³-hybridized carbons (Fsp3) is 0.467. The third-order valence-corrected chi connectivity index (χ3v) is 4.86. The van der Waals surface area contributed by atoms with Crippen molar-refractivity contribution in [2.45, 2.75) is 24.8 Å². The number of carbonyl (C=O) groups excluding carboxylic acids is 1. The van der Waals surface area contributed by atoms with Crippen LogP contribution in [0.5, 0.6) is 0 Å². The Balaban J connectivity index is 1.61. The number of hydrogen-bond acceptors (Lipinski definition) is 3. The molecule has 1 saturated heterocycles. The molecule has 1 aliphatic heterocycles. The highest BCUT2D eigenvalue weighted by Gasteiger charge is 2.48. The number of likely N-dealkylation sites (tertiary alicyclic amines) is 1. The van der Waals surface area contributed by atoms with Crippen molar-refractivity contribution < 1.29 is 4.79 Å². The Morgan fingerprint density at radius 2 is 2.40 bits per heavy atom. The predicted molar refractivity (Wildman–Crippen MR) is 75.4 cm³/mol. The van der Waals surface area contributed by atoms with Crippen LogP contribution < -0.4 is 5.73 Å². The van der Waals surface area contributed by atoms with Crippen molar-refractivity contribution in [1.82, 2.24) is 14.3 Å². The number of nitrogens with two attached hydrogens (primary N) is 1. The molecule has 2 aromatic rings. The fourth-order valence-electron chi connectivity index (χ4n) is 3.71. The number of fused-ring (bicyclic) bond motifs is 2. The van der Waals surface area contributed by atoms with Gasteiger partial charge in [0.15, 0.2) is 0 Å². The van der Waals surface area contributed by atoms with Crippen LogP contribution in [0.1, 0.15) is 29.8 Å². The van der Waals surface area contributed by atoms with E-state index in [-0.39, 0.29) is 11.4 Å². The highest BCUT2D eigenvalue weighted by Crippen LogP contribution is 2.39. The number of amides is 1. The third-order valence-electron chi connectivity index (χ3n) is 4.86. The highest BCUT2D eigenvalue weighted by molar-refractivity contribution is 5.93. The smallest absolute Gasteiger partial charge is 0.272 e. The van der Waals surface area contributed by atoms with Crippen LogP contribution in [0.25, 0.3) is 5.52 Å². The van der Waals surface area contributed by atoms with Crippen LogP contribution in [0.4, 0.5) is 0 Å². The van der Waals surface area contributed by atoms with Crippen LogP contribution in [0.2, 0.25) is 0 Å². The molecule has 3 heterocycles. The zero-order valence-corrected chi connectivity index (χ0v) is 11.3. The van der Waals surface area contributed by atoms with Crippen molar-refractivity contribution in [3.8, 4) is 0 Å². The summed E-state index contributed by atoms with van der Waals surface area (Å²) in [5.74, 6) is 0.469. The molecule has 20 heavy (non-hydrogen) atoms. The second-order valence-electron chi connectivity index (χ2n) is 6.12. The molecular formula is C15H18N4O. The third kappa shape index (κ3) is 1.66. The first-order valence-electron chi connectivity index (χ1n) is 7.17. The SMILES string of the molecule is NC12CCCC1CN(C(=O)c1cc3cccn3cn1)C2. The Morgan fingerprint density at radius 3 is 3.25 bits per heavy atom. The molecule has 2 unspecified atom stereocenters. The lowest BCUT2D eigenvalue weighted by Gasteiger charge is -2.22. The van der Waals surface area contributed by atoms with Gasteiger partial charge in [-0.25, -0.2) is 4.98 Å².